The Kier molecular flexibility index (Phi) is 8.52. The van der Waals surface area contributed by atoms with Crippen LogP contribution in [0.25, 0.3) is 0 Å². The minimum absolute atomic E-state index is 0.0384. The van der Waals surface area contributed by atoms with Crippen LogP contribution in [-0.2, 0) is 9.53 Å². The molecule has 0 spiro atoms. The van der Waals surface area contributed by atoms with Crippen molar-refractivity contribution in [1.29, 1.82) is 0 Å². The van der Waals surface area contributed by atoms with Crippen molar-refractivity contribution in [2.24, 2.45) is 16.8 Å². The number of aliphatic imine (C=N–C) groups is 1. The van der Waals surface area contributed by atoms with Crippen molar-refractivity contribution in [2.45, 2.75) is 46.0 Å². The smallest absolute Gasteiger partial charge is 0.309 e. The van der Waals surface area contributed by atoms with Crippen LogP contribution in [0.3, 0.4) is 0 Å². The van der Waals surface area contributed by atoms with Gasteiger partial charge in [-0.25, -0.2) is 0 Å². The Bertz CT molecular complexity index is 425. The lowest BCUT2D eigenvalue weighted by atomic mass is 9.93. The largest absolute Gasteiger partial charge is 0.466 e. The minimum Gasteiger partial charge on any atom is -0.466 e. The first-order valence-corrected chi connectivity index (χ1v) is 10.0. The number of carbonyl (C=O) groups is 1. The van der Waals surface area contributed by atoms with Crippen molar-refractivity contribution in [3.8, 4) is 0 Å². The van der Waals surface area contributed by atoms with E-state index >= 15 is 0 Å². The Balaban J connectivity index is 1.67. The topological polar surface area (TPSA) is 57.2 Å². The summed E-state index contributed by atoms with van der Waals surface area (Å²) < 4.78 is 5.14. The van der Waals surface area contributed by atoms with E-state index in [0.29, 0.717) is 6.61 Å². The van der Waals surface area contributed by atoms with E-state index in [2.05, 4.69) is 27.0 Å². The molecule has 6 nitrogen and oxygen atoms in total. The molecule has 2 aliphatic heterocycles. The average molecular weight is 353 g/mol. The van der Waals surface area contributed by atoms with Gasteiger partial charge in [-0.05, 0) is 64.6 Å². The molecular weight excluding hydrogens is 316 g/mol. The standard InChI is InChI=1S/C19H36N4O2/c1-4-22-12-7-16(8-13-22)6-11-21-19(20-3)23-14-9-17(10-15-23)18(24)25-5-2/h16-17H,4-15H2,1-3H3,(H,20,21). The summed E-state index contributed by atoms with van der Waals surface area (Å²) in [6.45, 7) is 11.0. The molecule has 0 unspecified atom stereocenters. The number of hydrogen-bond acceptors (Lipinski definition) is 4. The fourth-order valence-electron chi connectivity index (χ4n) is 3.90. The van der Waals surface area contributed by atoms with E-state index in [-0.39, 0.29) is 11.9 Å². The molecular formula is C19H36N4O2. The number of carbonyl (C=O) groups excluding carboxylic acids is 1. The van der Waals surface area contributed by atoms with Gasteiger partial charge in [-0.2, -0.15) is 0 Å². The highest BCUT2D eigenvalue weighted by Gasteiger charge is 2.27. The van der Waals surface area contributed by atoms with Gasteiger partial charge in [0.1, 0.15) is 0 Å². The number of rotatable bonds is 6. The van der Waals surface area contributed by atoms with Gasteiger partial charge in [0.15, 0.2) is 5.96 Å². The van der Waals surface area contributed by atoms with E-state index in [9.17, 15) is 4.79 Å². The van der Waals surface area contributed by atoms with Crippen molar-refractivity contribution < 1.29 is 9.53 Å². The zero-order chi connectivity index (χ0) is 18.1. The van der Waals surface area contributed by atoms with E-state index in [1.165, 1.54) is 38.9 Å². The highest BCUT2D eigenvalue weighted by Crippen LogP contribution is 2.20. The van der Waals surface area contributed by atoms with Gasteiger partial charge < -0.3 is 19.9 Å². The quantitative estimate of drug-likeness (QED) is 0.450. The molecule has 2 fully saturated rings. The summed E-state index contributed by atoms with van der Waals surface area (Å²) in [5, 5.41) is 3.53. The zero-order valence-electron chi connectivity index (χ0n) is 16.3. The molecule has 1 N–H and O–H groups in total. The Morgan fingerprint density at radius 2 is 1.80 bits per heavy atom. The predicted molar refractivity (Wildman–Crippen MR) is 102 cm³/mol. The SMILES string of the molecule is CCOC(=O)C1CCN(C(=NC)NCCC2CCN(CC)CC2)CC1. The van der Waals surface area contributed by atoms with Gasteiger partial charge >= 0.3 is 5.97 Å². The summed E-state index contributed by atoms with van der Waals surface area (Å²) in [5.74, 6) is 1.83. The van der Waals surface area contributed by atoms with Crippen molar-refractivity contribution in [3.63, 3.8) is 0 Å². The molecule has 0 bridgehead atoms. The van der Waals surface area contributed by atoms with Crippen molar-refractivity contribution in [3.05, 3.63) is 0 Å². The van der Waals surface area contributed by atoms with Gasteiger partial charge in [0.05, 0.1) is 12.5 Å². The fourth-order valence-corrected chi connectivity index (χ4v) is 3.90. The van der Waals surface area contributed by atoms with E-state index < -0.39 is 0 Å². The number of piperidine rings is 2. The molecule has 25 heavy (non-hydrogen) atoms. The van der Waals surface area contributed by atoms with Crippen LogP contribution in [0, 0.1) is 11.8 Å². The van der Waals surface area contributed by atoms with Crippen LogP contribution in [0.15, 0.2) is 4.99 Å². The Labute approximate surface area is 153 Å². The zero-order valence-corrected chi connectivity index (χ0v) is 16.3. The number of likely N-dealkylation sites (tertiary alicyclic amines) is 2. The van der Waals surface area contributed by atoms with Crippen molar-refractivity contribution in [1.82, 2.24) is 15.1 Å². The first-order chi connectivity index (χ1) is 12.2. The number of nitrogens with one attached hydrogen (secondary N) is 1. The second-order valence-electron chi connectivity index (χ2n) is 7.15. The average Bonchev–Trinajstić information content (AvgIpc) is 2.66. The third-order valence-corrected chi connectivity index (χ3v) is 5.62. The maximum absolute atomic E-state index is 11.8. The first kappa shape index (κ1) is 20.0. The molecule has 0 saturated carbocycles. The third-order valence-electron chi connectivity index (χ3n) is 5.62. The fraction of sp³-hybridized carbons (Fsp3) is 0.895. The van der Waals surface area contributed by atoms with E-state index in [4.69, 9.17) is 4.74 Å². The lowest BCUT2D eigenvalue weighted by molar-refractivity contribution is -0.149. The number of ether oxygens (including phenoxy) is 1. The summed E-state index contributed by atoms with van der Waals surface area (Å²) in [5.41, 5.74) is 0. The second-order valence-corrected chi connectivity index (χ2v) is 7.15. The van der Waals surface area contributed by atoms with Gasteiger partial charge in [0, 0.05) is 26.7 Å². The van der Waals surface area contributed by atoms with Gasteiger partial charge in [-0.3, -0.25) is 9.79 Å². The highest BCUT2D eigenvalue weighted by atomic mass is 16.5. The second kappa shape index (κ2) is 10.6. The van der Waals surface area contributed by atoms with E-state index in [1.807, 2.05) is 14.0 Å². The Morgan fingerprint density at radius 1 is 1.12 bits per heavy atom. The van der Waals surface area contributed by atoms with Gasteiger partial charge in [-0.15, -0.1) is 0 Å². The summed E-state index contributed by atoms with van der Waals surface area (Å²) in [6.07, 6.45) is 5.57. The number of nitrogens with zero attached hydrogens (tertiary/aromatic N) is 3. The summed E-state index contributed by atoms with van der Waals surface area (Å²) in [6, 6.07) is 0. The van der Waals surface area contributed by atoms with E-state index in [0.717, 1.165) is 44.4 Å². The molecule has 2 rings (SSSR count). The lowest BCUT2D eigenvalue weighted by Gasteiger charge is -2.34. The minimum atomic E-state index is -0.0384. The van der Waals surface area contributed by atoms with Crippen LogP contribution in [0.5, 0.6) is 0 Å². The first-order valence-electron chi connectivity index (χ1n) is 10.0. The van der Waals surface area contributed by atoms with Crippen LogP contribution < -0.4 is 5.32 Å². The number of guanidine groups is 1. The third kappa shape index (κ3) is 6.17. The van der Waals surface area contributed by atoms with Crippen molar-refractivity contribution in [2.75, 3.05) is 52.9 Å². The van der Waals surface area contributed by atoms with Gasteiger partial charge in [0.25, 0.3) is 0 Å². The van der Waals surface area contributed by atoms with Crippen LogP contribution in [0.4, 0.5) is 0 Å². The van der Waals surface area contributed by atoms with Crippen LogP contribution >= 0.6 is 0 Å². The maximum atomic E-state index is 11.8. The van der Waals surface area contributed by atoms with Gasteiger partial charge in [-0.1, -0.05) is 6.92 Å². The van der Waals surface area contributed by atoms with Crippen molar-refractivity contribution >= 4 is 11.9 Å². The molecule has 0 aromatic carbocycles. The molecule has 144 valence electrons. The molecule has 0 aromatic heterocycles. The molecule has 0 aliphatic carbocycles. The molecule has 6 heteroatoms. The van der Waals surface area contributed by atoms with Crippen LogP contribution in [-0.4, -0.2) is 74.7 Å². The van der Waals surface area contributed by atoms with Gasteiger partial charge in [0.2, 0.25) is 0 Å². The monoisotopic (exact) mass is 352 g/mol. The normalized spacial score (nSPS) is 21.4. The lowest BCUT2D eigenvalue weighted by Crippen LogP contribution is -2.47. The Hall–Kier alpha value is -1.30. The number of esters is 1. The molecule has 0 radical (unpaired) electrons. The molecule has 2 heterocycles. The molecule has 2 saturated heterocycles. The predicted octanol–water partition coefficient (Wildman–Crippen LogP) is 1.96. The van der Waals surface area contributed by atoms with Crippen LogP contribution in [0.1, 0.15) is 46.0 Å². The van der Waals surface area contributed by atoms with E-state index in [1.54, 1.807) is 0 Å². The number of hydrogen-bond donors (Lipinski definition) is 1. The molecule has 0 amide bonds. The highest BCUT2D eigenvalue weighted by molar-refractivity contribution is 5.80. The summed E-state index contributed by atoms with van der Waals surface area (Å²) in [4.78, 5) is 21.1. The molecule has 0 aromatic rings. The molecule has 0 atom stereocenters. The summed E-state index contributed by atoms with van der Waals surface area (Å²) >= 11 is 0. The van der Waals surface area contributed by atoms with Crippen LogP contribution in [0.2, 0.25) is 0 Å². The Morgan fingerprint density at radius 3 is 2.36 bits per heavy atom. The maximum Gasteiger partial charge on any atom is 0.309 e. The molecule has 2 aliphatic rings. The summed E-state index contributed by atoms with van der Waals surface area (Å²) in [7, 11) is 1.85.